The Balaban J connectivity index is 2.05. The number of benzene rings is 2. The molecule has 1 aliphatic heterocycles. The Morgan fingerprint density at radius 3 is 2.86 bits per heavy atom. The zero-order chi connectivity index (χ0) is 14.8. The quantitative estimate of drug-likeness (QED) is 0.816. The molecule has 1 aliphatic rings. The van der Waals surface area contributed by atoms with Gasteiger partial charge in [0.2, 0.25) is 0 Å². The highest BCUT2D eigenvalue weighted by Crippen LogP contribution is 2.25. The molecule has 0 aromatic heterocycles. The molecule has 2 N–H and O–H groups in total. The number of fused-ring (bicyclic) bond motifs is 1. The van der Waals surface area contributed by atoms with Crippen molar-refractivity contribution in [3.05, 3.63) is 59.2 Å². The van der Waals surface area contributed by atoms with Gasteiger partial charge in [0.05, 0.1) is 12.2 Å². The number of benzodiazepines with no additional fused rings is 1. The summed E-state index contributed by atoms with van der Waals surface area (Å²) in [4.78, 5) is 19.0. The maximum Gasteiger partial charge on any atom is 0.258 e. The van der Waals surface area contributed by atoms with E-state index in [1.165, 1.54) is 0 Å². The van der Waals surface area contributed by atoms with Crippen molar-refractivity contribution in [2.45, 2.75) is 6.92 Å². The van der Waals surface area contributed by atoms with Gasteiger partial charge in [0.15, 0.2) is 0 Å². The van der Waals surface area contributed by atoms with Gasteiger partial charge < -0.3 is 10.6 Å². The monoisotopic (exact) mass is 279 g/mol. The van der Waals surface area contributed by atoms with Crippen molar-refractivity contribution in [2.75, 3.05) is 23.7 Å². The fourth-order valence-electron chi connectivity index (χ4n) is 2.53. The summed E-state index contributed by atoms with van der Waals surface area (Å²) in [5.41, 5.74) is 9.94. The predicted molar refractivity (Wildman–Crippen MR) is 86.2 cm³/mol. The van der Waals surface area contributed by atoms with E-state index in [9.17, 15) is 4.79 Å². The highest BCUT2D eigenvalue weighted by molar-refractivity contribution is 6.09. The lowest BCUT2D eigenvalue weighted by Crippen LogP contribution is -2.33. The minimum absolute atomic E-state index is 0.00428. The Morgan fingerprint density at radius 1 is 1.24 bits per heavy atom. The molecule has 0 atom stereocenters. The molecule has 2 aromatic rings. The molecule has 4 heteroatoms. The smallest absolute Gasteiger partial charge is 0.258 e. The number of amides is 1. The van der Waals surface area contributed by atoms with Gasteiger partial charge in [-0.15, -0.1) is 0 Å². The molecule has 0 unspecified atom stereocenters. The molecule has 0 aliphatic carbocycles. The molecule has 0 bridgehead atoms. The van der Waals surface area contributed by atoms with Crippen LogP contribution in [-0.2, 0) is 0 Å². The Morgan fingerprint density at radius 2 is 2.05 bits per heavy atom. The number of nitrogens with zero attached hydrogens (tertiary/aromatic N) is 2. The zero-order valence-corrected chi connectivity index (χ0v) is 11.9. The standard InChI is InChI=1S/C17H17N3O/c1-12-4-2-3-5-15(12)17(21)20-9-8-19-11-13-10-14(18)6-7-16(13)20/h2-7,10-11H,8-9,18H2,1H3. The Hall–Kier alpha value is -2.62. The topological polar surface area (TPSA) is 58.7 Å². The van der Waals surface area contributed by atoms with Crippen LogP contribution in [0.15, 0.2) is 47.5 Å². The van der Waals surface area contributed by atoms with Gasteiger partial charge in [-0.05, 0) is 36.8 Å². The molecule has 0 spiro atoms. The highest BCUT2D eigenvalue weighted by Gasteiger charge is 2.22. The molecule has 0 radical (unpaired) electrons. The second-order valence-corrected chi connectivity index (χ2v) is 5.13. The van der Waals surface area contributed by atoms with E-state index in [1.54, 1.807) is 11.1 Å². The number of hydrogen-bond donors (Lipinski definition) is 1. The van der Waals surface area contributed by atoms with Crippen LogP contribution in [0.4, 0.5) is 11.4 Å². The Labute approximate surface area is 123 Å². The van der Waals surface area contributed by atoms with Gasteiger partial charge in [-0.25, -0.2) is 0 Å². The average Bonchev–Trinajstić information content (AvgIpc) is 2.69. The Kier molecular flexibility index (Phi) is 3.44. The number of hydrogen-bond acceptors (Lipinski definition) is 3. The van der Waals surface area contributed by atoms with Crippen molar-refractivity contribution < 1.29 is 4.79 Å². The first-order chi connectivity index (χ1) is 10.2. The van der Waals surface area contributed by atoms with Gasteiger partial charge in [-0.2, -0.15) is 0 Å². The number of rotatable bonds is 1. The third-order valence-electron chi connectivity index (χ3n) is 3.65. The van der Waals surface area contributed by atoms with Crippen LogP contribution in [0.25, 0.3) is 0 Å². The lowest BCUT2D eigenvalue weighted by molar-refractivity contribution is 0.0987. The predicted octanol–water partition coefficient (Wildman–Crippen LogP) is 2.66. The van der Waals surface area contributed by atoms with Crippen LogP contribution in [0, 0.1) is 6.92 Å². The molecule has 1 heterocycles. The summed E-state index contributed by atoms with van der Waals surface area (Å²) in [6, 6.07) is 13.2. The number of aliphatic imine (C=N–C) groups is 1. The minimum Gasteiger partial charge on any atom is -0.399 e. The van der Waals surface area contributed by atoms with Gasteiger partial charge in [-0.1, -0.05) is 18.2 Å². The fourth-order valence-corrected chi connectivity index (χ4v) is 2.53. The zero-order valence-electron chi connectivity index (χ0n) is 11.9. The second-order valence-electron chi connectivity index (χ2n) is 5.13. The average molecular weight is 279 g/mol. The van der Waals surface area contributed by atoms with Crippen molar-refractivity contribution >= 4 is 23.5 Å². The summed E-state index contributed by atoms with van der Waals surface area (Å²) in [5.74, 6) is 0.00428. The van der Waals surface area contributed by atoms with E-state index in [4.69, 9.17) is 5.73 Å². The van der Waals surface area contributed by atoms with Gasteiger partial charge in [0.1, 0.15) is 0 Å². The van der Waals surface area contributed by atoms with E-state index in [1.807, 2.05) is 49.4 Å². The van der Waals surface area contributed by atoms with Crippen LogP contribution in [0.2, 0.25) is 0 Å². The lowest BCUT2D eigenvalue weighted by atomic mass is 10.1. The minimum atomic E-state index is 0.00428. The first-order valence-corrected chi connectivity index (χ1v) is 6.93. The van der Waals surface area contributed by atoms with Gasteiger partial charge in [0.25, 0.3) is 5.91 Å². The van der Waals surface area contributed by atoms with Crippen LogP contribution >= 0.6 is 0 Å². The summed E-state index contributed by atoms with van der Waals surface area (Å²) in [5, 5.41) is 0. The summed E-state index contributed by atoms with van der Waals surface area (Å²) >= 11 is 0. The third-order valence-corrected chi connectivity index (χ3v) is 3.65. The normalized spacial score (nSPS) is 13.7. The number of nitrogens with two attached hydrogens (primary N) is 1. The van der Waals surface area contributed by atoms with E-state index in [0.29, 0.717) is 18.8 Å². The van der Waals surface area contributed by atoms with Crippen molar-refractivity contribution in [2.24, 2.45) is 4.99 Å². The van der Waals surface area contributed by atoms with Crippen LogP contribution in [0.5, 0.6) is 0 Å². The molecule has 2 aromatic carbocycles. The molecular weight excluding hydrogens is 262 g/mol. The first-order valence-electron chi connectivity index (χ1n) is 6.93. The number of anilines is 2. The van der Waals surface area contributed by atoms with Crippen molar-refractivity contribution in [1.82, 2.24) is 0 Å². The van der Waals surface area contributed by atoms with Crippen molar-refractivity contribution in [1.29, 1.82) is 0 Å². The van der Waals surface area contributed by atoms with Gasteiger partial charge in [0, 0.05) is 29.6 Å². The van der Waals surface area contributed by atoms with E-state index in [2.05, 4.69) is 4.99 Å². The summed E-state index contributed by atoms with van der Waals surface area (Å²) in [6.45, 7) is 3.11. The Bertz CT molecular complexity index is 722. The molecule has 21 heavy (non-hydrogen) atoms. The molecule has 0 saturated heterocycles. The molecule has 106 valence electrons. The second kappa shape index (κ2) is 5.40. The largest absolute Gasteiger partial charge is 0.399 e. The summed E-state index contributed by atoms with van der Waals surface area (Å²) in [6.07, 6.45) is 1.79. The highest BCUT2D eigenvalue weighted by atomic mass is 16.2. The lowest BCUT2D eigenvalue weighted by Gasteiger charge is -2.23. The third kappa shape index (κ3) is 2.52. The van der Waals surface area contributed by atoms with E-state index in [-0.39, 0.29) is 5.91 Å². The summed E-state index contributed by atoms with van der Waals surface area (Å²) < 4.78 is 0. The first kappa shape index (κ1) is 13.4. The number of aryl methyl sites for hydroxylation is 1. The molecule has 0 fully saturated rings. The maximum absolute atomic E-state index is 12.9. The van der Waals surface area contributed by atoms with Gasteiger partial charge >= 0.3 is 0 Å². The number of nitrogen functional groups attached to an aromatic ring is 1. The van der Waals surface area contributed by atoms with Crippen LogP contribution in [0.1, 0.15) is 21.5 Å². The fraction of sp³-hybridized carbons (Fsp3) is 0.176. The van der Waals surface area contributed by atoms with E-state index in [0.717, 1.165) is 22.4 Å². The molecule has 0 saturated carbocycles. The van der Waals surface area contributed by atoms with Crippen LogP contribution in [-0.4, -0.2) is 25.2 Å². The number of carbonyl (C=O) groups is 1. The van der Waals surface area contributed by atoms with Crippen molar-refractivity contribution in [3.63, 3.8) is 0 Å². The maximum atomic E-state index is 12.9. The molecule has 4 nitrogen and oxygen atoms in total. The number of carbonyl (C=O) groups excluding carboxylic acids is 1. The SMILES string of the molecule is Cc1ccccc1C(=O)N1CCN=Cc2cc(N)ccc21. The van der Waals surface area contributed by atoms with E-state index >= 15 is 0 Å². The van der Waals surface area contributed by atoms with E-state index < -0.39 is 0 Å². The molecular formula is C17H17N3O. The van der Waals surface area contributed by atoms with Crippen LogP contribution < -0.4 is 10.6 Å². The molecule has 3 rings (SSSR count). The van der Waals surface area contributed by atoms with Crippen LogP contribution in [0.3, 0.4) is 0 Å². The van der Waals surface area contributed by atoms with Crippen molar-refractivity contribution in [3.8, 4) is 0 Å². The summed E-state index contributed by atoms with van der Waals surface area (Å²) in [7, 11) is 0. The van der Waals surface area contributed by atoms with Gasteiger partial charge in [-0.3, -0.25) is 9.79 Å². The molecule has 1 amide bonds.